The highest BCUT2D eigenvalue weighted by Gasteiger charge is 2.34. The van der Waals surface area contributed by atoms with Crippen molar-refractivity contribution in [2.24, 2.45) is 13.0 Å². The zero-order chi connectivity index (χ0) is 23.6. The first-order valence-corrected chi connectivity index (χ1v) is 12.4. The molecule has 0 saturated carbocycles. The molecule has 2 aromatic carbocycles. The molecule has 0 unspecified atom stereocenters. The molecule has 1 aromatic heterocycles. The highest BCUT2D eigenvalue weighted by molar-refractivity contribution is 7.89. The third-order valence-electron chi connectivity index (χ3n) is 5.90. The summed E-state index contributed by atoms with van der Waals surface area (Å²) < 4.78 is 43.5. The van der Waals surface area contributed by atoms with Crippen LogP contribution in [0.2, 0.25) is 5.02 Å². The second kappa shape index (κ2) is 9.62. The van der Waals surface area contributed by atoms with Gasteiger partial charge >= 0.3 is 0 Å². The van der Waals surface area contributed by atoms with Gasteiger partial charge in [0.1, 0.15) is 17.7 Å². The van der Waals surface area contributed by atoms with E-state index in [2.05, 4.69) is 10.3 Å². The summed E-state index contributed by atoms with van der Waals surface area (Å²) in [6, 6.07) is 11.5. The summed E-state index contributed by atoms with van der Waals surface area (Å²) in [4.78, 5) is 17.6. The van der Waals surface area contributed by atoms with Gasteiger partial charge in [0.2, 0.25) is 15.9 Å². The third-order valence-corrected chi connectivity index (χ3v) is 8.06. The summed E-state index contributed by atoms with van der Waals surface area (Å²) in [6.07, 6.45) is 4.05. The van der Waals surface area contributed by atoms with E-state index in [0.717, 1.165) is 0 Å². The summed E-state index contributed by atoms with van der Waals surface area (Å²) in [6.45, 7) is 0.436. The van der Waals surface area contributed by atoms with Crippen molar-refractivity contribution in [1.82, 2.24) is 19.2 Å². The Balaban J connectivity index is 1.47. The number of imidazole rings is 1. The molecule has 0 bridgehead atoms. The van der Waals surface area contributed by atoms with Crippen molar-refractivity contribution in [2.45, 2.75) is 23.8 Å². The molecule has 1 atom stereocenters. The van der Waals surface area contributed by atoms with E-state index < -0.39 is 27.8 Å². The molecule has 3 aromatic rings. The Bertz CT molecular complexity index is 1240. The topological polar surface area (TPSA) is 84.3 Å². The van der Waals surface area contributed by atoms with Crippen molar-refractivity contribution >= 4 is 27.5 Å². The van der Waals surface area contributed by atoms with Gasteiger partial charge in [-0.15, -0.1) is 0 Å². The Morgan fingerprint density at radius 3 is 2.42 bits per heavy atom. The number of hydrogen-bond acceptors (Lipinski definition) is 4. The molecule has 10 heteroatoms. The summed E-state index contributed by atoms with van der Waals surface area (Å²) in [5, 5.41) is 3.39. The monoisotopic (exact) mass is 490 g/mol. The first-order valence-electron chi connectivity index (χ1n) is 10.5. The predicted molar refractivity (Wildman–Crippen MR) is 123 cm³/mol. The maximum Gasteiger partial charge on any atom is 0.243 e. The van der Waals surface area contributed by atoms with Crippen molar-refractivity contribution in [3.8, 4) is 0 Å². The number of piperidine rings is 1. The lowest BCUT2D eigenvalue weighted by Gasteiger charge is -2.31. The molecule has 1 N–H and O–H groups in total. The van der Waals surface area contributed by atoms with Gasteiger partial charge in [0.15, 0.2) is 0 Å². The van der Waals surface area contributed by atoms with E-state index in [1.165, 1.54) is 34.6 Å². The third kappa shape index (κ3) is 4.95. The van der Waals surface area contributed by atoms with Gasteiger partial charge in [-0.05, 0) is 43.2 Å². The van der Waals surface area contributed by atoms with Crippen LogP contribution in [0, 0.1) is 11.7 Å². The van der Waals surface area contributed by atoms with Crippen LogP contribution in [0.4, 0.5) is 4.39 Å². The number of rotatable bonds is 6. The predicted octanol–water partition coefficient (Wildman–Crippen LogP) is 3.52. The number of nitrogens with zero attached hydrogens (tertiary/aromatic N) is 3. The minimum absolute atomic E-state index is 0.171. The molecule has 1 saturated heterocycles. The van der Waals surface area contributed by atoms with Crippen molar-refractivity contribution in [3.05, 3.63) is 83.2 Å². The number of aryl methyl sites for hydroxylation is 1. The molecule has 1 amide bonds. The van der Waals surface area contributed by atoms with E-state index in [-0.39, 0.29) is 23.9 Å². The van der Waals surface area contributed by atoms with Gasteiger partial charge in [-0.2, -0.15) is 4.31 Å². The average Bonchev–Trinajstić information content (AvgIpc) is 3.24. The molecule has 1 aliphatic rings. The molecule has 174 valence electrons. The highest BCUT2D eigenvalue weighted by atomic mass is 35.5. The Morgan fingerprint density at radius 1 is 1.15 bits per heavy atom. The molecule has 33 heavy (non-hydrogen) atoms. The Morgan fingerprint density at radius 2 is 1.82 bits per heavy atom. The summed E-state index contributed by atoms with van der Waals surface area (Å²) in [5.41, 5.74) is 0.322. The van der Waals surface area contributed by atoms with Crippen LogP contribution < -0.4 is 5.32 Å². The standard InChI is InChI=1S/C23H24ClFN4O3S/c1-28-15-12-26-22(28)21(19-4-2-3-5-20(19)25)27-23(30)16-10-13-29(14-11-16)33(31,32)18-8-6-17(24)7-9-18/h2-9,12,15-16,21H,10-11,13-14H2,1H3,(H,27,30)/t21-/m0/s1. The van der Waals surface area contributed by atoms with E-state index in [4.69, 9.17) is 11.6 Å². The number of aromatic nitrogens is 2. The molecule has 1 fully saturated rings. The number of carbonyl (C=O) groups is 1. The van der Waals surface area contributed by atoms with Crippen molar-refractivity contribution in [1.29, 1.82) is 0 Å². The molecule has 2 heterocycles. The quantitative estimate of drug-likeness (QED) is 0.573. The van der Waals surface area contributed by atoms with Crippen LogP contribution in [-0.4, -0.2) is 41.3 Å². The number of sulfonamides is 1. The van der Waals surface area contributed by atoms with Gasteiger partial charge in [0.05, 0.1) is 4.90 Å². The lowest BCUT2D eigenvalue weighted by Crippen LogP contribution is -2.44. The number of amides is 1. The van der Waals surface area contributed by atoms with Gasteiger partial charge in [0, 0.05) is 49.0 Å². The van der Waals surface area contributed by atoms with E-state index >= 15 is 0 Å². The van der Waals surface area contributed by atoms with Crippen LogP contribution in [-0.2, 0) is 21.9 Å². The van der Waals surface area contributed by atoms with Crippen molar-refractivity contribution in [3.63, 3.8) is 0 Å². The summed E-state index contributed by atoms with van der Waals surface area (Å²) >= 11 is 5.86. The van der Waals surface area contributed by atoms with Crippen molar-refractivity contribution < 1.29 is 17.6 Å². The lowest BCUT2D eigenvalue weighted by molar-refractivity contribution is -0.126. The first kappa shape index (κ1) is 23.4. The number of nitrogens with one attached hydrogen (secondary N) is 1. The highest BCUT2D eigenvalue weighted by Crippen LogP contribution is 2.27. The molecule has 0 radical (unpaired) electrons. The molecular formula is C23H24ClFN4O3S. The van der Waals surface area contributed by atoms with E-state index in [0.29, 0.717) is 29.3 Å². The number of hydrogen-bond donors (Lipinski definition) is 1. The Labute approximate surface area is 197 Å². The smallest absolute Gasteiger partial charge is 0.243 e. The van der Waals surface area contributed by atoms with Gasteiger partial charge in [-0.25, -0.2) is 17.8 Å². The van der Waals surface area contributed by atoms with Gasteiger partial charge in [0.25, 0.3) is 0 Å². The van der Waals surface area contributed by atoms with E-state index in [9.17, 15) is 17.6 Å². The maximum atomic E-state index is 14.6. The van der Waals surface area contributed by atoms with Gasteiger partial charge in [-0.1, -0.05) is 29.8 Å². The van der Waals surface area contributed by atoms with Crippen LogP contribution >= 0.6 is 11.6 Å². The van der Waals surface area contributed by atoms with E-state index in [1.54, 1.807) is 42.2 Å². The number of benzene rings is 2. The Hall–Kier alpha value is -2.75. The molecule has 0 aliphatic carbocycles. The fourth-order valence-electron chi connectivity index (χ4n) is 4.02. The first-order chi connectivity index (χ1) is 15.8. The zero-order valence-corrected chi connectivity index (χ0v) is 19.6. The van der Waals surface area contributed by atoms with Gasteiger partial charge < -0.3 is 9.88 Å². The average molecular weight is 491 g/mol. The maximum absolute atomic E-state index is 14.6. The molecule has 4 rings (SSSR count). The van der Waals surface area contributed by atoms with Crippen molar-refractivity contribution in [2.75, 3.05) is 13.1 Å². The molecule has 7 nitrogen and oxygen atoms in total. The minimum atomic E-state index is -3.66. The second-order valence-electron chi connectivity index (χ2n) is 7.99. The van der Waals surface area contributed by atoms with Crippen LogP contribution in [0.25, 0.3) is 0 Å². The number of halogens is 2. The minimum Gasteiger partial charge on any atom is -0.342 e. The summed E-state index contributed by atoms with van der Waals surface area (Å²) in [5.74, 6) is -0.572. The molecule has 0 spiro atoms. The summed E-state index contributed by atoms with van der Waals surface area (Å²) in [7, 11) is -1.88. The fraction of sp³-hybridized carbons (Fsp3) is 0.304. The Kier molecular flexibility index (Phi) is 6.83. The van der Waals surface area contributed by atoms with E-state index in [1.807, 2.05) is 0 Å². The largest absolute Gasteiger partial charge is 0.342 e. The molecule has 1 aliphatic heterocycles. The zero-order valence-electron chi connectivity index (χ0n) is 18.0. The van der Waals surface area contributed by atoms with Crippen LogP contribution in [0.3, 0.4) is 0 Å². The van der Waals surface area contributed by atoms with Crippen LogP contribution in [0.1, 0.15) is 30.3 Å². The SMILES string of the molecule is Cn1ccnc1[C@@H](NC(=O)C1CCN(S(=O)(=O)c2ccc(Cl)cc2)CC1)c1ccccc1F. The van der Waals surface area contributed by atoms with Crippen LogP contribution in [0.5, 0.6) is 0 Å². The second-order valence-corrected chi connectivity index (χ2v) is 10.4. The lowest BCUT2D eigenvalue weighted by atomic mass is 9.96. The molecular weight excluding hydrogens is 467 g/mol. The van der Waals surface area contributed by atoms with Crippen LogP contribution in [0.15, 0.2) is 65.8 Å². The fourth-order valence-corrected chi connectivity index (χ4v) is 5.62. The normalized spacial score (nSPS) is 16.5. The number of carbonyl (C=O) groups excluding carboxylic acids is 1. The van der Waals surface area contributed by atoms with Gasteiger partial charge in [-0.3, -0.25) is 4.79 Å².